The highest BCUT2D eigenvalue weighted by molar-refractivity contribution is 7.08. The summed E-state index contributed by atoms with van der Waals surface area (Å²) in [6.45, 7) is 3.93. The van der Waals surface area contributed by atoms with E-state index in [1.807, 2.05) is 30.7 Å². The standard InChI is InChI=1S/C13H17N3O3S/c1-3-13(4-2,12(17)18)14-7-10-15-11(16-19-10)9-5-6-20-8-9/h5-6,8,14H,3-4,7H2,1-2H3,(H,17,18). The molecule has 0 unspecified atom stereocenters. The van der Waals surface area contributed by atoms with Crippen LogP contribution in [-0.4, -0.2) is 26.8 Å². The number of nitrogens with one attached hydrogen (secondary N) is 1. The van der Waals surface area contributed by atoms with Gasteiger partial charge in [0.2, 0.25) is 11.7 Å². The number of aromatic nitrogens is 2. The van der Waals surface area contributed by atoms with E-state index in [1.54, 1.807) is 11.3 Å². The predicted octanol–water partition coefficient (Wildman–Crippen LogP) is 2.53. The number of hydrogen-bond donors (Lipinski definition) is 2. The lowest BCUT2D eigenvalue weighted by molar-refractivity contribution is -0.145. The van der Waals surface area contributed by atoms with Gasteiger partial charge in [-0.3, -0.25) is 10.1 Å². The fourth-order valence-corrected chi connectivity index (χ4v) is 2.59. The first-order valence-corrected chi connectivity index (χ1v) is 7.39. The summed E-state index contributed by atoms with van der Waals surface area (Å²) in [6, 6.07) is 1.91. The molecule has 108 valence electrons. The molecule has 20 heavy (non-hydrogen) atoms. The highest BCUT2D eigenvalue weighted by Gasteiger charge is 2.34. The van der Waals surface area contributed by atoms with Crippen molar-refractivity contribution >= 4 is 17.3 Å². The fourth-order valence-electron chi connectivity index (χ4n) is 1.96. The van der Waals surface area contributed by atoms with Crippen molar-refractivity contribution in [3.05, 3.63) is 22.7 Å². The Bertz CT molecular complexity index is 561. The minimum absolute atomic E-state index is 0.241. The van der Waals surface area contributed by atoms with E-state index in [9.17, 15) is 9.90 Å². The Labute approximate surface area is 120 Å². The summed E-state index contributed by atoms with van der Waals surface area (Å²) in [4.78, 5) is 15.6. The fraction of sp³-hybridized carbons (Fsp3) is 0.462. The van der Waals surface area contributed by atoms with Crippen LogP contribution in [0.5, 0.6) is 0 Å². The topological polar surface area (TPSA) is 88.3 Å². The van der Waals surface area contributed by atoms with Gasteiger partial charge in [-0.2, -0.15) is 16.3 Å². The first-order valence-electron chi connectivity index (χ1n) is 6.45. The van der Waals surface area contributed by atoms with Crippen LogP contribution in [0.3, 0.4) is 0 Å². The Morgan fingerprint density at radius 1 is 1.50 bits per heavy atom. The van der Waals surface area contributed by atoms with Crippen LogP contribution in [0.25, 0.3) is 11.4 Å². The van der Waals surface area contributed by atoms with Crippen LogP contribution in [0.2, 0.25) is 0 Å². The van der Waals surface area contributed by atoms with Gasteiger partial charge in [0, 0.05) is 10.9 Å². The molecule has 0 amide bonds. The molecule has 2 rings (SSSR count). The second-order valence-electron chi connectivity index (χ2n) is 4.47. The molecule has 0 aliphatic carbocycles. The molecule has 0 atom stereocenters. The Morgan fingerprint density at radius 2 is 2.25 bits per heavy atom. The summed E-state index contributed by atoms with van der Waals surface area (Å²) in [5, 5.41) is 20.1. The summed E-state index contributed by atoms with van der Waals surface area (Å²) in [6.07, 6.45) is 0.981. The van der Waals surface area contributed by atoms with E-state index in [4.69, 9.17) is 4.52 Å². The van der Waals surface area contributed by atoms with Gasteiger partial charge in [0.15, 0.2) is 0 Å². The molecular formula is C13H17N3O3S. The number of carbonyl (C=O) groups is 1. The van der Waals surface area contributed by atoms with Crippen molar-refractivity contribution in [1.29, 1.82) is 0 Å². The number of hydrogen-bond acceptors (Lipinski definition) is 6. The van der Waals surface area contributed by atoms with E-state index >= 15 is 0 Å². The van der Waals surface area contributed by atoms with Gasteiger partial charge in [-0.1, -0.05) is 19.0 Å². The van der Waals surface area contributed by atoms with Crippen LogP contribution >= 0.6 is 11.3 Å². The third kappa shape index (κ3) is 2.88. The lowest BCUT2D eigenvalue weighted by Gasteiger charge is -2.27. The number of rotatable bonds is 7. The second kappa shape index (κ2) is 6.15. The smallest absolute Gasteiger partial charge is 0.323 e. The van der Waals surface area contributed by atoms with Crippen molar-refractivity contribution in [3.63, 3.8) is 0 Å². The third-order valence-corrected chi connectivity index (χ3v) is 4.13. The zero-order valence-corrected chi connectivity index (χ0v) is 12.2. The Hall–Kier alpha value is -1.73. The van der Waals surface area contributed by atoms with Crippen molar-refractivity contribution in [2.45, 2.75) is 38.8 Å². The highest BCUT2D eigenvalue weighted by Crippen LogP contribution is 2.20. The predicted molar refractivity (Wildman–Crippen MR) is 75.4 cm³/mol. The van der Waals surface area contributed by atoms with E-state index in [0.29, 0.717) is 24.6 Å². The number of carboxylic acids is 1. The van der Waals surface area contributed by atoms with Gasteiger partial charge in [0.1, 0.15) is 5.54 Å². The van der Waals surface area contributed by atoms with Crippen molar-refractivity contribution in [1.82, 2.24) is 15.5 Å². The number of carboxylic acid groups (broad SMARTS) is 1. The maximum atomic E-state index is 11.4. The molecule has 0 spiro atoms. The Kier molecular flexibility index (Phi) is 4.51. The molecule has 0 saturated carbocycles. The van der Waals surface area contributed by atoms with E-state index in [0.717, 1.165) is 5.56 Å². The quantitative estimate of drug-likeness (QED) is 0.816. The maximum absolute atomic E-state index is 11.4. The van der Waals surface area contributed by atoms with Crippen LogP contribution < -0.4 is 5.32 Å². The summed E-state index contributed by atoms with van der Waals surface area (Å²) in [5.74, 6) is 0.0516. The average Bonchev–Trinajstić information content (AvgIpc) is 3.11. The van der Waals surface area contributed by atoms with Gasteiger partial charge in [0.05, 0.1) is 6.54 Å². The molecule has 0 saturated heterocycles. The zero-order chi connectivity index (χ0) is 14.6. The molecule has 0 aromatic carbocycles. The summed E-state index contributed by atoms with van der Waals surface area (Å²) >= 11 is 1.56. The lowest BCUT2D eigenvalue weighted by Crippen LogP contribution is -2.50. The Morgan fingerprint density at radius 3 is 2.80 bits per heavy atom. The number of thiophene rings is 1. The van der Waals surface area contributed by atoms with Crippen molar-refractivity contribution in [3.8, 4) is 11.4 Å². The van der Waals surface area contributed by atoms with Crippen molar-refractivity contribution in [2.75, 3.05) is 0 Å². The first-order chi connectivity index (χ1) is 9.61. The first kappa shape index (κ1) is 14.7. The molecule has 0 fully saturated rings. The lowest BCUT2D eigenvalue weighted by atomic mass is 9.93. The minimum Gasteiger partial charge on any atom is -0.480 e. The molecule has 2 heterocycles. The van der Waals surface area contributed by atoms with Crippen LogP contribution in [0, 0.1) is 0 Å². The maximum Gasteiger partial charge on any atom is 0.323 e. The van der Waals surface area contributed by atoms with Gasteiger partial charge in [-0.15, -0.1) is 0 Å². The van der Waals surface area contributed by atoms with Gasteiger partial charge in [0.25, 0.3) is 0 Å². The van der Waals surface area contributed by atoms with Crippen LogP contribution in [-0.2, 0) is 11.3 Å². The van der Waals surface area contributed by atoms with Gasteiger partial charge < -0.3 is 9.63 Å². The molecule has 6 nitrogen and oxygen atoms in total. The van der Waals surface area contributed by atoms with Crippen LogP contribution in [0.1, 0.15) is 32.6 Å². The molecule has 0 aliphatic rings. The van der Waals surface area contributed by atoms with Crippen molar-refractivity contribution in [2.24, 2.45) is 0 Å². The van der Waals surface area contributed by atoms with E-state index in [2.05, 4.69) is 15.5 Å². The highest BCUT2D eigenvalue weighted by atomic mass is 32.1. The molecule has 2 aromatic heterocycles. The molecule has 0 radical (unpaired) electrons. The summed E-state index contributed by atoms with van der Waals surface area (Å²) < 4.78 is 5.14. The van der Waals surface area contributed by atoms with E-state index < -0.39 is 11.5 Å². The average molecular weight is 295 g/mol. The normalized spacial score (nSPS) is 11.7. The zero-order valence-electron chi connectivity index (χ0n) is 11.4. The number of aliphatic carboxylic acids is 1. The second-order valence-corrected chi connectivity index (χ2v) is 5.25. The Balaban J connectivity index is 2.06. The molecule has 0 bridgehead atoms. The summed E-state index contributed by atoms with van der Waals surface area (Å²) in [7, 11) is 0. The monoisotopic (exact) mass is 295 g/mol. The largest absolute Gasteiger partial charge is 0.480 e. The molecular weight excluding hydrogens is 278 g/mol. The van der Waals surface area contributed by atoms with Gasteiger partial charge >= 0.3 is 5.97 Å². The SMILES string of the molecule is CCC(CC)(NCc1nc(-c2ccsc2)no1)C(=O)O. The minimum atomic E-state index is -0.947. The van der Waals surface area contributed by atoms with E-state index in [1.165, 1.54) is 0 Å². The van der Waals surface area contributed by atoms with Crippen molar-refractivity contribution < 1.29 is 14.4 Å². The third-order valence-electron chi connectivity index (χ3n) is 3.44. The number of nitrogens with zero attached hydrogens (tertiary/aromatic N) is 2. The molecule has 2 N–H and O–H groups in total. The summed E-state index contributed by atoms with van der Waals surface area (Å²) in [5.41, 5.74) is -0.0442. The van der Waals surface area contributed by atoms with Crippen LogP contribution in [0.15, 0.2) is 21.3 Å². The van der Waals surface area contributed by atoms with Crippen LogP contribution in [0.4, 0.5) is 0 Å². The molecule has 0 aliphatic heterocycles. The molecule has 2 aromatic rings. The van der Waals surface area contributed by atoms with Gasteiger partial charge in [-0.25, -0.2) is 0 Å². The molecule has 7 heteroatoms. The van der Waals surface area contributed by atoms with E-state index in [-0.39, 0.29) is 6.54 Å². The van der Waals surface area contributed by atoms with Gasteiger partial charge in [-0.05, 0) is 24.3 Å².